The zero-order valence-electron chi connectivity index (χ0n) is 18.5. The molecule has 4 unspecified atom stereocenters. The first kappa shape index (κ1) is 28.9. The Morgan fingerprint density at radius 1 is 1.03 bits per heavy atom. The lowest BCUT2D eigenvalue weighted by molar-refractivity contribution is -0.143. The first-order chi connectivity index (χ1) is 16.1. The van der Waals surface area contributed by atoms with E-state index >= 15 is 0 Å². The minimum absolute atomic E-state index is 0.0333. The van der Waals surface area contributed by atoms with Crippen LogP contribution in [0.5, 0.6) is 0 Å². The Labute approximate surface area is 199 Å². The molecule has 0 saturated carbocycles. The highest BCUT2D eigenvalue weighted by Crippen LogP contribution is 2.06. The Hall–Kier alpha value is -3.17. The lowest BCUT2D eigenvalue weighted by Gasteiger charge is -2.24. The van der Waals surface area contributed by atoms with Crippen molar-refractivity contribution in [2.75, 3.05) is 18.6 Å². The fourth-order valence-electron chi connectivity index (χ4n) is 2.75. The van der Waals surface area contributed by atoms with E-state index in [1.807, 2.05) is 0 Å². The predicted molar refractivity (Wildman–Crippen MR) is 121 cm³/mol. The predicted octanol–water partition coefficient (Wildman–Crippen LogP) is -2.57. The van der Waals surface area contributed by atoms with Crippen LogP contribution in [0.2, 0.25) is 0 Å². The molecule has 0 aromatic carbocycles. The van der Waals surface area contributed by atoms with Gasteiger partial charge in [0, 0.05) is 24.7 Å². The van der Waals surface area contributed by atoms with Gasteiger partial charge in [0.15, 0.2) is 0 Å². The van der Waals surface area contributed by atoms with E-state index in [0.29, 0.717) is 11.4 Å². The van der Waals surface area contributed by atoms with E-state index in [1.54, 1.807) is 6.26 Å². The number of aromatic nitrogens is 2. The molecule has 0 aliphatic rings. The van der Waals surface area contributed by atoms with Gasteiger partial charge in [0.1, 0.15) is 18.1 Å². The van der Waals surface area contributed by atoms with Crippen LogP contribution in [0.25, 0.3) is 0 Å². The van der Waals surface area contributed by atoms with E-state index < -0.39 is 60.4 Å². The third-order valence-corrected chi connectivity index (χ3v) is 5.30. The Bertz CT molecular complexity index is 837. The summed E-state index contributed by atoms with van der Waals surface area (Å²) >= 11 is 1.40. The number of carbonyl (C=O) groups is 5. The molecule has 15 heteroatoms. The second-order valence-corrected chi connectivity index (χ2v) is 8.29. The maximum atomic E-state index is 13.0. The molecule has 0 radical (unpaired) electrons. The van der Waals surface area contributed by atoms with Crippen molar-refractivity contribution in [3.05, 3.63) is 18.2 Å². The fourth-order valence-corrected chi connectivity index (χ4v) is 3.22. The number of carboxylic acid groups (broad SMARTS) is 2. The van der Waals surface area contributed by atoms with Crippen molar-refractivity contribution in [3.63, 3.8) is 0 Å². The number of nitrogens with two attached hydrogens (primary N) is 1. The van der Waals surface area contributed by atoms with Gasteiger partial charge in [-0.3, -0.25) is 19.2 Å². The average Bonchev–Trinajstić information content (AvgIpc) is 3.30. The van der Waals surface area contributed by atoms with Crippen molar-refractivity contribution in [2.24, 2.45) is 5.73 Å². The number of aliphatic hydroxyl groups is 1. The van der Waals surface area contributed by atoms with Crippen molar-refractivity contribution in [3.8, 4) is 0 Å². The number of aromatic amines is 1. The molecular formula is C19H30N6O8S. The molecule has 1 rings (SSSR count). The Morgan fingerprint density at radius 3 is 2.18 bits per heavy atom. The lowest BCUT2D eigenvalue weighted by atomic mass is 10.1. The molecule has 1 aromatic heterocycles. The minimum atomic E-state index is -1.55. The quantitative estimate of drug-likeness (QED) is 0.117. The summed E-state index contributed by atoms with van der Waals surface area (Å²) in [6.45, 7) is -0.836. The topological polar surface area (TPSA) is 237 Å². The van der Waals surface area contributed by atoms with Gasteiger partial charge in [-0.25, -0.2) is 9.78 Å². The second-order valence-electron chi connectivity index (χ2n) is 7.31. The highest BCUT2D eigenvalue weighted by molar-refractivity contribution is 7.98. The summed E-state index contributed by atoms with van der Waals surface area (Å²) in [6, 6.07) is -5.06. The summed E-state index contributed by atoms with van der Waals surface area (Å²) in [7, 11) is 0. The van der Waals surface area contributed by atoms with Crippen LogP contribution < -0.4 is 21.7 Å². The van der Waals surface area contributed by atoms with Crippen LogP contribution in [0.3, 0.4) is 0 Å². The van der Waals surface area contributed by atoms with Gasteiger partial charge in [-0.1, -0.05) is 0 Å². The molecule has 0 aliphatic carbocycles. The number of nitrogens with zero attached hydrogens (tertiary/aromatic N) is 1. The number of aliphatic carboxylic acids is 2. The molecule has 1 heterocycles. The third kappa shape index (κ3) is 10.2. The summed E-state index contributed by atoms with van der Waals surface area (Å²) in [5.74, 6) is -4.42. The second kappa shape index (κ2) is 14.9. The van der Waals surface area contributed by atoms with Gasteiger partial charge in [-0.2, -0.15) is 11.8 Å². The summed E-state index contributed by atoms with van der Waals surface area (Å²) in [4.78, 5) is 66.5. The number of rotatable bonds is 16. The zero-order chi connectivity index (χ0) is 25.7. The first-order valence-electron chi connectivity index (χ1n) is 10.3. The van der Waals surface area contributed by atoms with Gasteiger partial charge in [-0.05, 0) is 24.9 Å². The number of amides is 3. The molecule has 0 spiro atoms. The number of hydrogen-bond acceptors (Lipinski definition) is 9. The number of hydrogen-bond donors (Lipinski definition) is 8. The van der Waals surface area contributed by atoms with E-state index in [4.69, 9.17) is 21.1 Å². The zero-order valence-corrected chi connectivity index (χ0v) is 19.3. The highest BCUT2D eigenvalue weighted by atomic mass is 32.2. The normalized spacial score (nSPS) is 14.3. The van der Waals surface area contributed by atoms with Crippen LogP contribution in [0, 0.1) is 0 Å². The van der Waals surface area contributed by atoms with E-state index in [2.05, 4.69) is 25.9 Å². The SMILES string of the molecule is CSCCC(NC(=O)C(Cc1cnc[nH]1)NC(=O)C(N)CCC(=O)O)C(=O)NC(CO)C(=O)O. The Kier molecular flexibility index (Phi) is 12.6. The van der Waals surface area contributed by atoms with Crippen LogP contribution in [0.1, 0.15) is 25.0 Å². The van der Waals surface area contributed by atoms with Gasteiger partial charge in [-0.15, -0.1) is 0 Å². The van der Waals surface area contributed by atoms with E-state index in [9.17, 15) is 24.0 Å². The number of H-pyrrole nitrogens is 1. The number of thioether (sulfide) groups is 1. The minimum Gasteiger partial charge on any atom is -0.481 e. The van der Waals surface area contributed by atoms with Crippen LogP contribution in [0.4, 0.5) is 0 Å². The maximum absolute atomic E-state index is 13.0. The molecule has 9 N–H and O–H groups in total. The molecular weight excluding hydrogens is 472 g/mol. The summed E-state index contributed by atoms with van der Waals surface area (Å²) in [5, 5.41) is 34.1. The number of aliphatic hydroxyl groups excluding tert-OH is 1. The van der Waals surface area contributed by atoms with Crippen molar-refractivity contribution in [2.45, 2.75) is 49.9 Å². The number of carboxylic acids is 2. The molecule has 0 bridgehead atoms. The smallest absolute Gasteiger partial charge is 0.328 e. The van der Waals surface area contributed by atoms with Crippen molar-refractivity contribution < 1.29 is 39.3 Å². The van der Waals surface area contributed by atoms with Crippen LogP contribution >= 0.6 is 11.8 Å². The van der Waals surface area contributed by atoms with E-state index in [0.717, 1.165) is 0 Å². The average molecular weight is 503 g/mol. The Balaban J connectivity index is 2.98. The number of nitrogens with one attached hydrogen (secondary N) is 4. The van der Waals surface area contributed by atoms with Crippen molar-refractivity contribution in [1.29, 1.82) is 0 Å². The largest absolute Gasteiger partial charge is 0.481 e. The van der Waals surface area contributed by atoms with Crippen LogP contribution in [0.15, 0.2) is 12.5 Å². The van der Waals surface area contributed by atoms with E-state index in [1.165, 1.54) is 24.3 Å². The standard InChI is InChI=1S/C19H30N6O8S/c1-34-5-4-12(17(30)25-14(8-26)19(32)33)23-18(31)13(6-10-7-21-9-22-10)24-16(29)11(20)2-3-15(27)28/h7,9,11-14,26H,2-6,8,20H2,1H3,(H,21,22)(H,23,31)(H,24,29)(H,25,30)(H,27,28)(H,32,33). The van der Waals surface area contributed by atoms with Gasteiger partial charge in [0.2, 0.25) is 17.7 Å². The fraction of sp³-hybridized carbons (Fsp3) is 0.579. The number of carbonyl (C=O) groups excluding carboxylic acids is 3. The molecule has 4 atom stereocenters. The molecule has 3 amide bonds. The van der Waals surface area contributed by atoms with Gasteiger partial charge in [0.25, 0.3) is 0 Å². The van der Waals surface area contributed by atoms with Crippen molar-refractivity contribution in [1.82, 2.24) is 25.9 Å². The molecule has 0 aliphatic heterocycles. The molecule has 1 aromatic rings. The van der Waals surface area contributed by atoms with Crippen molar-refractivity contribution >= 4 is 41.4 Å². The van der Waals surface area contributed by atoms with Gasteiger partial charge < -0.3 is 42.0 Å². The third-order valence-electron chi connectivity index (χ3n) is 4.66. The molecule has 190 valence electrons. The monoisotopic (exact) mass is 502 g/mol. The van der Waals surface area contributed by atoms with Gasteiger partial charge in [0.05, 0.1) is 19.0 Å². The van der Waals surface area contributed by atoms with Crippen LogP contribution in [-0.4, -0.2) is 97.7 Å². The number of imidazole rings is 1. The lowest BCUT2D eigenvalue weighted by Crippen LogP contribution is -2.58. The summed E-state index contributed by atoms with van der Waals surface area (Å²) in [5.41, 5.74) is 6.22. The molecule has 14 nitrogen and oxygen atoms in total. The van der Waals surface area contributed by atoms with Crippen LogP contribution in [-0.2, 0) is 30.4 Å². The van der Waals surface area contributed by atoms with Gasteiger partial charge >= 0.3 is 11.9 Å². The summed E-state index contributed by atoms with van der Waals surface area (Å²) < 4.78 is 0. The Morgan fingerprint density at radius 2 is 1.65 bits per heavy atom. The van der Waals surface area contributed by atoms with E-state index in [-0.39, 0.29) is 25.7 Å². The molecule has 34 heavy (non-hydrogen) atoms. The first-order valence-corrected chi connectivity index (χ1v) is 11.7. The molecule has 0 fully saturated rings. The molecule has 0 saturated heterocycles. The highest BCUT2D eigenvalue weighted by Gasteiger charge is 2.30. The summed E-state index contributed by atoms with van der Waals surface area (Å²) in [6.07, 6.45) is 4.24. The maximum Gasteiger partial charge on any atom is 0.328 e.